The number of amides is 1. The summed E-state index contributed by atoms with van der Waals surface area (Å²) in [6.45, 7) is 0.604. The smallest absolute Gasteiger partial charge is 0.241 e. The Balaban J connectivity index is 1.57. The summed E-state index contributed by atoms with van der Waals surface area (Å²) < 4.78 is 1.43. The van der Waals surface area contributed by atoms with Gasteiger partial charge in [-0.15, -0.1) is 0 Å². The molecule has 3 N–H and O–H groups in total. The van der Waals surface area contributed by atoms with Crippen LogP contribution in [-0.2, 0) is 17.8 Å². The van der Waals surface area contributed by atoms with Gasteiger partial charge in [0.15, 0.2) is 0 Å². The predicted molar refractivity (Wildman–Crippen MR) is 86.5 cm³/mol. The Hall–Kier alpha value is -2.81. The largest absolute Gasteiger partial charge is 0.383 e. The molecule has 1 aliphatic rings. The number of aromatic nitrogens is 2. The van der Waals surface area contributed by atoms with E-state index in [-0.39, 0.29) is 18.3 Å². The van der Waals surface area contributed by atoms with Crippen LogP contribution in [0.2, 0.25) is 0 Å². The lowest BCUT2D eigenvalue weighted by Gasteiger charge is -2.06. The second kappa shape index (κ2) is 6.53. The highest BCUT2D eigenvalue weighted by Gasteiger charge is 2.31. The zero-order chi connectivity index (χ0) is 16.2. The minimum Gasteiger partial charge on any atom is -0.383 e. The number of nitriles is 1. The first-order valence-electron chi connectivity index (χ1n) is 7.76. The van der Waals surface area contributed by atoms with Crippen molar-refractivity contribution in [1.82, 2.24) is 15.1 Å². The zero-order valence-corrected chi connectivity index (χ0v) is 12.8. The molecule has 0 bridgehead atoms. The third-order valence-electron chi connectivity index (χ3n) is 3.97. The van der Waals surface area contributed by atoms with Gasteiger partial charge in [-0.05, 0) is 24.8 Å². The molecule has 1 saturated carbocycles. The number of benzene rings is 1. The summed E-state index contributed by atoms with van der Waals surface area (Å²) in [7, 11) is 0. The van der Waals surface area contributed by atoms with E-state index in [4.69, 9.17) is 5.73 Å². The molecule has 0 unspecified atom stereocenters. The topological polar surface area (TPSA) is 96.7 Å². The number of hydrogen-bond donors (Lipinski definition) is 2. The lowest BCUT2D eigenvalue weighted by Crippen LogP contribution is -2.30. The second-order valence-corrected chi connectivity index (χ2v) is 5.77. The van der Waals surface area contributed by atoms with Gasteiger partial charge in [0.1, 0.15) is 24.0 Å². The number of rotatable bonds is 6. The molecule has 23 heavy (non-hydrogen) atoms. The van der Waals surface area contributed by atoms with Gasteiger partial charge in [0.2, 0.25) is 5.91 Å². The van der Waals surface area contributed by atoms with E-state index in [0.717, 1.165) is 25.0 Å². The van der Waals surface area contributed by atoms with Crippen molar-refractivity contribution >= 4 is 11.7 Å². The van der Waals surface area contributed by atoms with Crippen molar-refractivity contribution in [3.05, 3.63) is 47.2 Å². The number of nitrogens with two attached hydrogens (primary N) is 1. The summed E-state index contributed by atoms with van der Waals surface area (Å²) in [4.78, 5) is 12.0. The van der Waals surface area contributed by atoms with Gasteiger partial charge in [0.25, 0.3) is 0 Å². The number of hydrogen-bond acceptors (Lipinski definition) is 4. The van der Waals surface area contributed by atoms with Crippen molar-refractivity contribution in [3.63, 3.8) is 0 Å². The number of nitrogens with zero attached hydrogens (tertiary/aromatic N) is 3. The van der Waals surface area contributed by atoms with Crippen molar-refractivity contribution in [2.24, 2.45) is 0 Å². The standard InChI is InChI=1S/C17H19N5O/c18-10-14-16(13-6-7-13)21-22(17(14)19)11-15(23)20-9-8-12-4-2-1-3-5-12/h1-5,13H,6-9,11,19H2,(H,20,23). The molecule has 6 heteroatoms. The molecule has 1 aromatic heterocycles. The number of nitrogens with one attached hydrogen (secondary N) is 1. The van der Waals surface area contributed by atoms with Gasteiger partial charge < -0.3 is 11.1 Å². The summed E-state index contributed by atoms with van der Waals surface area (Å²) in [6, 6.07) is 12.1. The van der Waals surface area contributed by atoms with Crippen LogP contribution in [0.3, 0.4) is 0 Å². The van der Waals surface area contributed by atoms with Gasteiger partial charge >= 0.3 is 0 Å². The van der Waals surface area contributed by atoms with Crippen LogP contribution >= 0.6 is 0 Å². The maximum atomic E-state index is 12.0. The van der Waals surface area contributed by atoms with Crippen LogP contribution in [0.1, 0.15) is 35.6 Å². The molecule has 1 heterocycles. The number of carbonyl (C=O) groups excluding carboxylic acids is 1. The molecule has 0 saturated heterocycles. The monoisotopic (exact) mass is 309 g/mol. The van der Waals surface area contributed by atoms with Crippen LogP contribution < -0.4 is 11.1 Å². The molecule has 2 aromatic rings. The van der Waals surface area contributed by atoms with Gasteiger partial charge in [0.05, 0.1) is 5.69 Å². The first kappa shape index (κ1) is 15.1. The van der Waals surface area contributed by atoms with Crippen molar-refractivity contribution in [2.45, 2.75) is 31.7 Å². The Bertz CT molecular complexity index is 740. The van der Waals surface area contributed by atoms with Crippen LogP contribution in [0.5, 0.6) is 0 Å². The lowest BCUT2D eigenvalue weighted by atomic mass is 10.1. The van der Waals surface area contributed by atoms with Crippen LogP contribution in [-0.4, -0.2) is 22.2 Å². The maximum absolute atomic E-state index is 12.0. The molecule has 1 amide bonds. The van der Waals surface area contributed by atoms with Gasteiger partial charge in [-0.3, -0.25) is 4.79 Å². The van der Waals surface area contributed by atoms with Gasteiger partial charge in [-0.1, -0.05) is 30.3 Å². The molecular weight excluding hydrogens is 290 g/mol. The Morgan fingerprint density at radius 1 is 1.39 bits per heavy atom. The zero-order valence-electron chi connectivity index (χ0n) is 12.8. The fraction of sp³-hybridized carbons (Fsp3) is 0.353. The molecule has 0 atom stereocenters. The minimum atomic E-state index is -0.151. The van der Waals surface area contributed by atoms with E-state index >= 15 is 0 Å². The van der Waals surface area contributed by atoms with Crippen LogP contribution in [0.25, 0.3) is 0 Å². The van der Waals surface area contributed by atoms with E-state index in [2.05, 4.69) is 16.5 Å². The van der Waals surface area contributed by atoms with Crippen molar-refractivity contribution < 1.29 is 4.79 Å². The van der Waals surface area contributed by atoms with Crippen LogP contribution in [0, 0.1) is 11.3 Å². The molecule has 0 radical (unpaired) electrons. The Morgan fingerprint density at radius 2 is 2.13 bits per heavy atom. The van der Waals surface area contributed by atoms with Crippen LogP contribution in [0.4, 0.5) is 5.82 Å². The highest BCUT2D eigenvalue weighted by atomic mass is 16.2. The summed E-state index contributed by atoms with van der Waals surface area (Å²) in [5.41, 5.74) is 8.28. The molecule has 118 valence electrons. The van der Waals surface area contributed by atoms with E-state index in [1.54, 1.807) is 0 Å². The first-order chi connectivity index (χ1) is 11.2. The van der Waals surface area contributed by atoms with Crippen molar-refractivity contribution in [1.29, 1.82) is 5.26 Å². The van der Waals surface area contributed by atoms with E-state index in [9.17, 15) is 10.1 Å². The normalized spacial score (nSPS) is 13.5. The summed E-state index contributed by atoms with van der Waals surface area (Å²) >= 11 is 0. The SMILES string of the molecule is N#Cc1c(C2CC2)nn(CC(=O)NCCc2ccccc2)c1N. The van der Waals surface area contributed by atoms with Crippen molar-refractivity contribution in [3.8, 4) is 6.07 Å². The number of nitrogen functional groups attached to an aromatic ring is 1. The molecule has 6 nitrogen and oxygen atoms in total. The van der Waals surface area contributed by atoms with E-state index in [0.29, 0.717) is 18.0 Å². The molecule has 1 fully saturated rings. The molecule has 1 aliphatic carbocycles. The van der Waals surface area contributed by atoms with E-state index in [1.807, 2.05) is 30.3 Å². The highest BCUT2D eigenvalue weighted by Crippen LogP contribution is 2.41. The Morgan fingerprint density at radius 3 is 2.78 bits per heavy atom. The van der Waals surface area contributed by atoms with E-state index in [1.165, 1.54) is 10.2 Å². The second-order valence-electron chi connectivity index (χ2n) is 5.77. The predicted octanol–water partition coefficient (Wildman–Crippen LogP) is 1.57. The van der Waals surface area contributed by atoms with Gasteiger partial charge in [-0.25, -0.2) is 4.68 Å². The maximum Gasteiger partial charge on any atom is 0.241 e. The van der Waals surface area contributed by atoms with E-state index < -0.39 is 0 Å². The van der Waals surface area contributed by atoms with Gasteiger partial charge in [0, 0.05) is 12.5 Å². The summed E-state index contributed by atoms with van der Waals surface area (Å²) in [6.07, 6.45) is 2.85. The minimum absolute atomic E-state index is 0.0437. The third-order valence-corrected chi connectivity index (χ3v) is 3.97. The summed E-state index contributed by atoms with van der Waals surface area (Å²) in [5, 5.41) is 16.4. The fourth-order valence-corrected chi connectivity index (χ4v) is 2.55. The van der Waals surface area contributed by atoms with Crippen LogP contribution in [0.15, 0.2) is 30.3 Å². The number of carbonyl (C=O) groups is 1. The fourth-order valence-electron chi connectivity index (χ4n) is 2.55. The first-order valence-corrected chi connectivity index (χ1v) is 7.76. The highest BCUT2D eigenvalue weighted by molar-refractivity contribution is 5.76. The quantitative estimate of drug-likeness (QED) is 0.846. The molecule has 1 aromatic carbocycles. The average Bonchev–Trinajstić information content (AvgIpc) is 3.35. The van der Waals surface area contributed by atoms with Gasteiger partial charge in [-0.2, -0.15) is 10.4 Å². The molecular formula is C17H19N5O. The average molecular weight is 309 g/mol. The molecule has 0 aliphatic heterocycles. The molecule has 0 spiro atoms. The number of anilines is 1. The molecule has 3 rings (SSSR count). The lowest BCUT2D eigenvalue weighted by molar-refractivity contribution is -0.121. The summed E-state index contributed by atoms with van der Waals surface area (Å²) in [5.74, 6) is 0.462. The Labute approximate surface area is 134 Å². The van der Waals surface area contributed by atoms with Crippen molar-refractivity contribution in [2.75, 3.05) is 12.3 Å². The third kappa shape index (κ3) is 3.51. The Kier molecular flexibility index (Phi) is 4.29.